The van der Waals surface area contributed by atoms with Gasteiger partial charge in [0.2, 0.25) is 5.95 Å². The highest BCUT2D eigenvalue weighted by Crippen LogP contribution is 2.27. The first kappa shape index (κ1) is 13.3. The highest BCUT2D eigenvalue weighted by Gasteiger charge is 2.11. The van der Waals surface area contributed by atoms with Crippen LogP contribution in [0.3, 0.4) is 0 Å². The Hall–Kier alpha value is -1.66. The van der Waals surface area contributed by atoms with E-state index in [0.29, 0.717) is 12.0 Å². The number of thiophene rings is 2. The maximum Gasteiger partial charge on any atom is 0.225 e. The maximum absolute atomic E-state index is 4.54. The molecule has 0 aliphatic heterocycles. The number of nitrogens with one attached hydrogen (secondary N) is 2. The van der Waals surface area contributed by atoms with Gasteiger partial charge in [0.1, 0.15) is 10.6 Å². The normalized spacial score (nSPS) is 12.5. The molecule has 6 heteroatoms. The number of anilines is 2. The van der Waals surface area contributed by atoms with Crippen LogP contribution in [0.25, 0.3) is 10.2 Å². The van der Waals surface area contributed by atoms with Gasteiger partial charge in [-0.05, 0) is 29.8 Å². The van der Waals surface area contributed by atoms with Crippen molar-refractivity contribution in [1.82, 2.24) is 9.97 Å². The van der Waals surface area contributed by atoms with Crippen molar-refractivity contribution in [2.45, 2.75) is 19.4 Å². The Labute approximate surface area is 125 Å². The first-order valence-electron chi connectivity index (χ1n) is 6.48. The third-order valence-corrected chi connectivity index (χ3v) is 4.72. The Balaban J connectivity index is 1.84. The maximum atomic E-state index is 4.54. The molecule has 3 aromatic heterocycles. The van der Waals surface area contributed by atoms with Gasteiger partial charge in [-0.1, -0.05) is 6.07 Å². The van der Waals surface area contributed by atoms with E-state index in [1.54, 1.807) is 22.7 Å². The van der Waals surface area contributed by atoms with E-state index in [0.717, 1.165) is 22.5 Å². The minimum absolute atomic E-state index is 0.330. The number of hydrogen-bond donors (Lipinski definition) is 2. The molecule has 0 amide bonds. The average molecular weight is 304 g/mol. The summed E-state index contributed by atoms with van der Waals surface area (Å²) in [6, 6.07) is 6.66. The summed E-state index contributed by atoms with van der Waals surface area (Å²) >= 11 is 3.43. The van der Waals surface area contributed by atoms with Gasteiger partial charge in [0.15, 0.2) is 0 Å². The first-order chi connectivity index (χ1) is 9.76. The molecule has 3 heterocycles. The van der Waals surface area contributed by atoms with Crippen LogP contribution >= 0.6 is 22.7 Å². The quantitative estimate of drug-likeness (QED) is 0.752. The van der Waals surface area contributed by atoms with Crippen molar-refractivity contribution in [3.8, 4) is 0 Å². The zero-order valence-corrected chi connectivity index (χ0v) is 13.0. The summed E-state index contributed by atoms with van der Waals surface area (Å²) in [7, 11) is 1.84. The number of fused-ring (bicyclic) bond motifs is 1. The minimum Gasteiger partial charge on any atom is -0.367 e. The molecule has 4 nitrogen and oxygen atoms in total. The topological polar surface area (TPSA) is 49.8 Å². The standard InChI is InChI=1S/C14H16N4S2/c1-9(8-10-4-3-6-19-10)16-12-11-5-7-20-13(11)18-14(15-2)17-12/h3-7,9H,8H2,1-2H3,(H2,15,16,17,18). The van der Waals surface area contributed by atoms with Gasteiger partial charge in [0.05, 0.1) is 5.39 Å². The monoisotopic (exact) mass is 304 g/mol. The second-order valence-electron chi connectivity index (χ2n) is 4.61. The van der Waals surface area contributed by atoms with Gasteiger partial charge in [-0.15, -0.1) is 22.7 Å². The number of nitrogens with zero attached hydrogens (tertiary/aromatic N) is 2. The SMILES string of the molecule is CNc1nc(NC(C)Cc2cccs2)c2ccsc2n1. The summed E-state index contributed by atoms with van der Waals surface area (Å²) in [5.74, 6) is 1.57. The van der Waals surface area contributed by atoms with Crippen molar-refractivity contribution in [1.29, 1.82) is 0 Å². The second-order valence-corrected chi connectivity index (χ2v) is 6.54. The molecular formula is C14H16N4S2. The highest BCUT2D eigenvalue weighted by atomic mass is 32.1. The van der Waals surface area contributed by atoms with Gasteiger partial charge < -0.3 is 10.6 Å². The Morgan fingerprint density at radius 2 is 2.10 bits per heavy atom. The average Bonchev–Trinajstić information content (AvgIpc) is 3.09. The molecule has 104 valence electrons. The van der Waals surface area contributed by atoms with Crippen molar-refractivity contribution >= 4 is 44.7 Å². The van der Waals surface area contributed by atoms with E-state index < -0.39 is 0 Å². The van der Waals surface area contributed by atoms with E-state index >= 15 is 0 Å². The number of hydrogen-bond acceptors (Lipinski definition) is 6. The molecule has 0 saturated heterocycles. The molecule has 3 aromatic rings. The Bertz CT molecular complexity index is 690. The van der Waals surface area contributed by atoms with Crippen molar-refractivity contribution in [2.24, 2.45) is 0 Å². The molecule has 1 atom stereocenters. The van der Waals surface area contributed by atoms with Crippen LogP contribution in [-0.4, -0.2) is 23.1 Å². The smallest absolute Gasteiger partial charge is 0.225 e. The number of rotatable bonds is 5. The fourth-order valence-corrected chi connectivity index (χ4v) is 3.69. The van der Waals surface area contributed by atoms with Crippen molar-refractivity contribution < 1.29 is 0 Å². The molecule has 0 aliphatic carbocycles. The van der Waals surface area contributed by atoms with E-state index in [4.69, 9.17) is 0 Å². The van der Waals surface area contributed by atoms with Crippen LogP contribution in [0.4, 0.5) is 11.8 Å². The summed E-state index contributed by atoms with van der Waals surface area (Å²) in [6.07, 6.45) is 1.00. The number of aromatic nitrogens is 2. The summed E-state index contributed by atoms with van der Waals surface area (Å²) in [4.78, 5) is 11.4. The molecule has 2 N–H and O–H groups in total. The zero-order valence-electron chi connectivity index (χ0n) is 11.4. The predicted molar refractivity (Wildman–Crippen MR) is 88.1 cm³/mol. The largest absolute Gasteiger partial charge is 0.367 e. The predicted octanol–water partition coefficient (Wildman–Crippen LogP) is 3.84. The van der Waals surface area contributed by atoms with Gasteiger partial charge in [-0.3, -0.25) is 0 Å². The summed E-state index contributed by atoms with van der Waals surface area (Å²) in [5, 5.41) is 11.8. The second kappa shape index (κ2) is 5.76. The van der Waals surface area contributed by atoms with Gasteiger partial charge in [0.25, 0.3) is 0 Å². The molecule has 0 fully saturated rings. The lowest BCUT2D eigenvalue weighted by Gasteiger charge is -2.15. The van der Waals surface area contributed by atoms with E-state index in [9.17, 15) is 0 Å². The highest BCUT2D eigenvalue weighted by molar-refractivity contribution is 7.16. The molecule has 0 radical (unpaired) electrons. The molecule has 0 spiro atoms. The van der Waals surface area contributed by atoms with Crippen LogP contribution in [0.15, 0.2) is 29.0 Å². The van der Waals surface area contributed by atoms with Crippen LogP contribution in [0.2, 0.25) is 0 Å². The summed E-state index contributed by atoms with van der Waals surface area (Å²) < 4.78 is 0. The van der Waals surface area contributed by atoms with Gasteiger partial charge in [-0.2, -0.15) is 4.98 Å². The fraction of sp³-hybridized carbons (Fsp3) is 0.286. The van der Waals surface area contributed by atoms with Crippen molar-refractivity contribution in [2.75, 3.05) is 17.7 Å². The Kier molecular flexibility index (Phi) is 3.84. The Morgan fingerprint density at radius 1 is 1.20 bits per heavy atom. The first-order valence-corrected chi connectivity index (χ1v) is 8.24. The summed E-state index contributed by atoms with van der Waals surface area (Å²) in [6.45, 7) is 2.18. The molecule has 0 aliphatic rings. The van der Waals surface area contributed by atoms with Crippen molar-refractivity contribution in [3.63, 3.8) is 0 Å². The molecule has 0 saturated carbocycles. The fourth-order valence-electron chi connectivity index (χ4n) is 2.09. The minimum atomic E-state index is 0.330. The molecule has 0 bridgehead atoms. The van der Waals surface area contributed by atoms with Crippen LogP contribution in [-0.2, 0) is 6.42 Å². The van der Waals surface area contributed by atoms with Crippen molar-refractivity contribution in [3.05, 3.63) is 33.8 Å². The molecule has 0 aromatic carbocycles. The third kappa shape index (κ3) is 2.76. The lowest BCUT2D eigenvalue weighted by atomic mass is 10.2. The lowest BCUT2D eigenvalue weighted by molar-refractivity contribution is 0.796. The van der Waals surface area contributed by atoms with Crippen LogP contribution in [0.5, 0.6) is 0 Å². The van der Waals surface area contributed by atoms with Gasteiger partial charge in [0, 0.05) is 24.4 Å². The van der Waals surface area contributed by atoms with Gasteiger partial charge in [-0.25, -0.2) is 4.98 Å². The van der Waals surface area contributed by atoms with E-state index in [-0.39, 0.29) is 0 Å². The van der Waals surface area contributed by atoms with Crippen LogP contribution in [0.1, 0.15) is 11.8 Å². The zero-order chi connectivity index (χ0) is 13.9. The molecule has 1 unspecified atom stereocenters. The van der Waals surface area contributed by atoms with E-state index in [1.165, 1.54) is 4.88 Å². The summed E-state index contributed by atoms with van der Waals surface area (Å²) in [5.41, 5.74) is 0. The van der Waals surface area contributed by atoms with E-state index in [1.807, 2.05) is 12.4 Å². The van der Waals surface area contributed by atoms with Crippen LogP contribution < -0.4 is 10.6 Å². The third-order valence-electron chi connectivity index (χ3n) is 3.02. The lowest BCUT2D eigenvalue weighted by Crippen LogP contribution is -2.19. The van der Waals surface area contributed by atoms with Crippen LogP contribution in [0, 0.1) is 0 Å². The van der Waals surface area contributed by atoms with E-state index in [2.05, 4.69) is 51.1 Å². The molecule has 20 heavy (non-hydrogen) atoms. The molecular weight excluding hydrogens is 288 g/mol. The molecule has 3 rings (SSSR count). The van der Waals surface area contributed by atoms with Gasteiger partial charge >= 0.3 is 0 Å². The Morgan fingerprint density at radius 3 is 2.85 bits per heavy atom.